The summed E-state index contributed by atoms with van der Waals surface area (Å²) in [5.74, 6) is 5.03. The Morgan fingerprint density at radius 1 is 1.39 bits per heavy atom. The van der Waals surface area contributed by atoms with Crippen LogP contribution in [-0.4, -0.2) is 31.6 Å². The average Bonchev–Trinajstić information content (AvgIpc) is 3.07. The van der Waals surface area contributed by atoms with Gasteiger partial charge in [0.05, 0.1) is 12.1 Å². The molecule has 0 radical (unpaired) electrons. The Balaban J connectivity index is 1.50. The van der Waals surface area contributed by atoms with Crippen molar-refractivity contribution >= 4 is 5.84 Å². The van der Waals surface area contributed by atoms with Crippen molar-refractivity contribution in [2.45, 2.75) is 77.7 Å². The largest absolute Gasteiger partial charge is 0.466 e. The number of hydrogen-bond acceptors (Lipinski definition) is 4. The van der Waals surface area contributed by atoms with E-state index in [0.29, 0.717) is 17.8 Å². The molecule has 0 saturated heterocycles. The van der Waals surface area contributed by atoms with E-state index in [1.807, 2.05) is 7.11 Å². The van der Waals surface area contributed by atoms with Crippen molar-refractivity contribution in [3.05, 3.63) is 35.3 Å². The van der Waals surface area contributed by atoms with Gasteiger partial charge < -0.3 is 14.5 Å². The van der Waals surface area contributed by atoms with Gasteiger partial charge in [-0.15, -0.1) is 0 Å². The quantitative estimate of drug-likeness (QED) is 0.546. The zero-order valence-electron chi connectivity index (χ0n) is 18.4. The molecule has 0 bridgehead atoms. The van der Waals surface area contributed by atoms with Gasteiger partial charge in [0.25, 0.3) is 0 Å². The molecule has 1 unspecified atom stereocenters. The first-order chi connectivity index (χ1) is 13.5. The molecule has 1 aliphatic carbocycles. The van der Waals surface area contributed by atoms with Crippen molar-refractivity contribution < 1.29 is 9.15 Å². The zero-order chi connectivity index (χ0) is 20.1. The first kappa shape index (κ1) is 21.2. The molecule has 1 N–H and O–H groups in total. The number of furan rings is 1. The predicted molar refractivity (Wildman–Crippen MR) is 116 cm³/mol. The van der Waals surface area contributed by atoms with Crippen molar-refractivity contribution in [1.29, 1.82) is 0 Å². The lowest BCUT2D eigenvalue weighted by atomic mass is 9.99. The molecular formula is C24H38N2O2. The SMILES string of the molecule is CC/C(=C\C[C@H](C)Cc1ccc([C@@H](C)C[C@@H]2CC2(CC)OC)o1)C1=NCCN1. The Morgan fingerprint density at radius 3 is 2.82 bits per heavy atom. The van der Waals surface area contributed by atoms with Crippen LogP contribution in [0.15, 0.2) is 33.2 Å². The van der Waals surface area contributed by atoms with Crippen LogP contribution in [0.4, 0.5) is 0 Å². The van der Waals surface area contributed by atoms with Crippen LogP contribution in [0, 0.1) is 11.8 Å². The van der Waals surface area contributed by atoms with E-state index in [-0.39, 0.29) is 5.60 Å². The van der Waals surface area contributed by atoms with Crippen LogP contribution < -0.4 is 5.32 Å². The molecule has 0 spiro atoms. The van der Waals surface area contributed by atoms with Gasteiger partial charge in [-0.25, -0.2) is 0 Å². The lowest BCUT2D eigenvalue weighted by molar-refractivity contribution is 0.0597. The lowest BCUT2D eigenvalue weighted by Crippen LogP contribution is -2.20. The van der Waals surface area contributed by atoms with E-state index in [0.717, 1.165) is 62.5 Å². The molecule has 1 aromatic heterocycles. The number of hydrogen-bond donors (Lipinski definition) is 1. The first-order valence-corrected chi connectivity index (χ1v) is 11.1. The molecule has 4 nitrogen and oxygen atoms in total. The third-order valence-electron chi connectivity index (χ3n) is 6.66. The van der Waals surface area contributed by atoms with Gasteiger partial charge in [-0.3, -0.25) is 4.99 Å². The normalized spacial score (nSPS) is 26.7. The Morgan fingerprint density at radius 2 is 2.21 bits per heavy atom. The summed E-state index contributed by atoms with van der Waals surface area (Å²) in [5.41, 5.74) is 1.49. The van der Waals surface area contributed by atoms with Crippen molar-refractivity contribution in [3.63, 3.8) is 0 Å². The number of allylic oxidation sites excluding steroid dienone is 1. The highest BCUT2D eigenvalue weighted by molar-refractivity contribution is 5.99. The number of methoxy groups -OCH3 is 1. The number of amidine groups is 1. The summed E-state index contributed by atoms with van der Waals surface area (Å²) in [7, 11) is 1.86. The van der Waals surface area contributed by atoms with E-state index >= 15 is 0 Å². The van der Waals surface area contributed by atoms with Gasteiger partial charge >= 0.3 is 0 Å². The maximum atomic E-state index is 6.22. The van der Waals surface area contributed by atoms with Crippen LogP contribution >= 0.6 is 0 Å². The summed E-state index contributed by atoms with van der Waals surface area (Å²) in [4.78, 5) is 4.55. The fourth-order valence-electron chi connectivity index (χ4n) is 4.59. The summed E-state index contributed by atoms with van der Waals surface area (Å²) in [6, 6.07) is 4.35. The number of rotatable bonds is 11. The van der Waals surface area contributed by atoms with Crippen molar-refractivity contribution in [2.24, 2.45) is 16.8 Å². The molecular weight excluding hydrogens is 348 g/mol. The predicted octanol–water partition coefficient (Wildman–Crippen LogP) is 5.50. The average molecular weight is 387 g/mol. The number of nitrogens with zero attached hydrogens (tertiary/aromatic N) is 1. The molecule has 3 rings (SSSR count). The molecule has 1 aliphatic heterocycles. The van der Waals surface area contributed by atoms with E-state index < -0.39 is 0 Å². The Labute approximate surface area is 170 Å². The fraction of sp³-hybridized carbons (Fsp3) is 0.708. The van der Waals surface area contributed by atoms with E-state index in [1.165, 1.54) is 12.0 Å². The highest BCUT2D eigenvalue weighted by Gasteiger charge is 2.53. The number of nitrogens with one attached hydrogen (secondary N) is 1. The van der Waals surface area contributed by atoms with E-state index in [9.17, 15) is 0 Å². The first-order valence-electron chi connectivity index (χ1n) is 11.1. The maximum Gasteiger partial charge on any atom is 0.123 e. The van der Waals surface area contributed by atoms with E-state index in [1.54, 1.807) is 0 Å². The third-order valence-corrected chi connectivity index (χ3v) is 6.66. The van der Waals surface area contributed by atoms with Gasteiger partial charge in [0.2, 0.25) is 0 Å². The summed E-state index contributed by atoms with van der Waals surface area (Å²) >= 11 is 0. The Kier molecular flexibility index (Phi) is 7.03. The van der Waals surface area contributed by atoms with Crippen LogP contribution in [0.5, 0.6) is 0 Å². The molecule has 0 aromatic carbocycles. The zero-order valence-corrected chi connectivity index (χ0v) is 18.4. The second kappa shape index (κ2) is 9.30. The third kappa shape index (κ3) is 4.89. The molecule has 2 aliphatic rings. The number of ether oxygens (including phenoxy) is 1. The van der Waals surface area contributed by atoms with Crippen LogP contribution in [0.25, 0.3) is 0 Å². The van der Waals surface area contributed by atoms with Crippen LogP contribution in [0.1, 0.15) is 77.2 Å². The summed E-state index contributed by atoms with van der Waals surface area (Å²) < 4.78 is 12.0. The van der Waals surface area contributed by atoms with Gasteiger partial charge in [0, 0.05) is 26.0 Å². The van der Waals surface area contributed by atoms with Crippen molar-refractivity contribution in [3.8, 4) is 0 Å². The summed E-state index contributed by atoms with van der Waals surface area (Å²) in [5, 5.41) is 3.39. The lowest BCUT2D eigenvalue weighted by Gasteiger charge is -2.15. The molecule has 4 heteroatoms. The van der Waals surface area contributed by atoms with Gasteiger partial charge in [-0.05, 0) is 61.6 Å². The second-order valence-corrected chi connectivity index (χ2v) is 8.75. The molecule has 156 valence electrons. The van der Waals surface area contributed by atoms with Crippen LogP contribution in [0.2, 0.25) is 0 Å². The minimum Gasteiger partial charge on any atom is -0.466 e. The Bertz CT molecular complexity index is 699. The molecule has 1 saturated carbocycles. The van der Waals surface area contributed by atoms with Gasteiger partial charge in [0.1, 0.15) is 17.4 Å². The molecule has 2 heterocycles. The van der Waals surface area contributed by atoms with Gasteiger partial charge in [-0.2, -0.15) is 0 Å². The molecule has 1 fully saturated rings. The maximum absolute atomic E-state index is 6.22. The summed E-state index contributed by atoms with van der Waals surface area (Å²) in [6.45, 7) is 10.9. The minimum absolute atomic E-state index is 0.139. The van der Waals surface area contributed by atoms with Gasteiger partial charge in [-0.1, -0.05) is 33.8 Å². The second-order valence-electron chi connectivity index (χ2n) is 8.75. The summed E-state index contributed by atoms with van der Waals surface area (Å²) in [6.07, 6.45) is 8.89. The van der Waals surface area contributed by atoms with Crippen molar-refractivity contribution in [2.75, 3.05) is 20.2 Å². The van der Waals surface area contributed by atoms with Crippen LogP contribution in [0.3, 0.4) is 0 Å². The highest BCUT2D eigenvalue weighted by atomic mass is 16.5. The smallest absolute Gasteiger partial charge is 0.123 e. The standard InChI is InChI=1S/C24H38N2O2/c1-6-19(23-25-12-13-26-23)9-8-17(3)14-21-10-11-22(28-21)18(4)15-20-16-24(20,7-2)27-5/h9-11,17-18,20H,6-8,12-16H2,1-5H3,(H,25,26)/b19-9+/t17-,18-,20+,24?/m0/s1. The number of aliphatic imine (C=N–C) groups is 1. The van der Waals surface area contributed by atoms with E-state index in [2.05, 4.69) is 56.2 Å². The molecule has 0 amide bonds. The van der Waals surface area contributed by atoms with Crippen LogP contribution in [-0.2, 0) is 11.2 Å². The minimum atomic E-state index is 0.139. The molecule has 4 atom stereocenters. The molecule has 1 aromatic rings. The Hall–Kier alpha value is -1.55. The highest BCUT2D eigenvalue weighted by Crippen LogP contribution is 2.53. The van der Waals surface area contributed by atoms with Gasteiger partial charge in [0.15, 0.2) is 0 Å². The fourth-order valence-corrected chi connectivity index (χ4v) is 4.59. The molecule has 28 heavy (non-hydrogen) atoms. The van der Waals surface area contributed by atoms with Crippen molar-refractivity contribution in [1.82, 2.24) is 5.32 Å². The monoisotopic (exact) mass is 386 g/mol. The topological polar surface area (TPSA) is 46.8 Å². The van der Waals surface area contributed by atoms with E-state index in [4.69, 9.17) is 9.15 Å².